The van der Waals surface area contributed by atoms with Crippen molar-refractivity contribution in [2.45, 2.75) is 13.0 Å². The van der Waals surface area contributed by atoms with E-state index in [-0.39, 0.29) is 18.1 Å². The molecule has 2 heterocycles. The van der Waals surface area contributed by atoms with E-state index >= 15 is 0 Å². The Morgan fingerprint density at radius 1 is 1.04 bits per heavy atom. The highest BCUT2D eigenvalue weighted by atomic mass is 19.1. The minimum absolute atomic E-state index is 0.103. The Balaban J connectivity index is 1.60. The zero-order chi connectivity index (χ0) is 16.8. The molecule has 3 rings (SSSR count). The summed E-state index contributed by atoms with van der Waals surface area (Å²) in [5.74, 6) is -0.422. The predicted molar refractivity (Wildman–Crippen MR) is 87.2 cm³/mol. The van der Waals surface area contributed by atoms with Crippen molar-refractivity contribution in [2.75, 3.05) is 0 Å². The summed E-state index contributed by atoms with van der Waals surface area (Å²) in [6.45, 7) is 0.361. The standard InChI is InChI=1S/C18H15FN4O/c19-17-6-8-20-11-16(17)14-3-1-13(2-4-14)9-18(24)22-10-15-5-7-21-12-23-15/h1-8,11-12H,9-10H2,(H,22,24). The van der Waals surface area contributed by atoms with Crippen LogP contribution in [0.25, 0.3) is 11.1 Å². The fraction of sp³-hybridized carbons (Fsp3) is 0.111. The van der Waals surface area contributed by atoms with Crippen molar-refractivity contribution in [3.05, 3.63) is 78.4 Å². The summed E-state index contributed by atoms with van der Waals surface area (Å²) in [4.78, 5) is 23.8. The van der Waals surface area contributed by atoms with Crippen molar-refractivity contribution in [1.82, 2.24) is 20.3 Å². The second kappa shape index (κ2) is 7.41. The van der Waals surface area contributed by atoms with Gasteiger partial charge in [-0.1, -0.05) is 24.3 Å². The molecule has 0 saturated heterocycles. The SMILES string of the molecule is O=C(Cc1ccc(-c2cnccc2F)cc1)NCc1ccncn1. The molecule has 0 aliphatic carbocycles. The second-order valence-electron chi connectivity index (χ2n) is 5.21. The number of nitrogens with zero attached hydrogens (tertiary/aromatic N) is 3. The second-order valence-corrected chi connectivity index (χ2v) is 5.21. The van der Waals surface area contributed by atoms with Gasteiger partial charge in [-0.2, -0.15) is 0 Å². The highest BCUT2D eigenvalue weighted by Crippen LogP contribution is 2.21. The van der Waals surface area contributed by atoms with Gasteiger partial charge >= 0.3 is 0 Å². The van der Waals surface area contributed by atoms with Gasteiger partial charge in [-0.25, -0.2) is 14.4 Å². The Morgan fingerprint density at radius 3 is 2.54 bits per heavy atom. The number of benzene rings is 1. The molecule has 0 radical (unpaired) electrons. The van der Waals surface area contributed by atoms with E-state index in [1.165, 1.54) is 24.8 Å². The molecule has 0 fully saturated rings. The number of carbonyl (C=O) groups excluding carboxylic acids is 1. The molecule has 2 aromatic heterocycles. The van der Waals surface area contributed by atoms with Crippen molar-refractivity contribution in [1.29, 1.82) is 0 Å². The van der Waals surface area contributed by atoms with Gasteiger partial charge in [0.15, 0.2) is 0 Å². The minimum atomic E-state index is -0.319. The van der Waals surface area contributed by atoms with Crippen LogP contribution in [-0.4, -0.2) is 20.9 Å². The van der Waals surface area contributed by atoms with Crippen LogP contribution < -0.4 is 5.32 Å². The van der Waals surface area contributed by atoms with E-state index in [0.29, 0.717) is 12.1 Å². The van der Waals surface area contributed by atoms with Gasteiger partial charge in [0.1, 0.15) is 12.1 Å². The summed E-state index contributed by atoms with van der Waals surface area (Å²) in [6, 6.07) is 10.3. The summed E-state index contributed by atoms with van der Waals surface area (Å²) < 4.78 is 13.7. The number of aromatic nitrogens is 3. The first-order valence-electron chi connectivity index (χ1n) is 7.43. The zero-order valence-corrected chi connectivity index (χ0v) is 12.8. The van der Waals surface area contributed by atoms with Crippen LogP contribution in [0.2, 0.25) is 0 Å². The van der Waals surface area contributed by atoms with Crippen LogP contribution in [0.5, 0.6) is 0 Å². The summed E-state index contributed by atoms with van der Waals surface area (Å²) in [6.07, 6.45) is 6.22. The third-order valence-electron chi connectivity index (χ3n) is 3.51. The monoisotopic (exact) mass is 322 g/mol. The van der Waals surface area contributed by atoms with Gasteiger partial charge in [0.05, 0.1) is 18.7 Å². The fourth-order valence-electron chi connectivity index (χ4n) is 2.25. The maximum absolute atomic E-state index is 13.7. The molecule has 0 unspecified atom stereocenters. The van der Waals surface area contributed by atoms with Crippen molar-refractivity contribution >= 4 is 5.91 Å². The average molecular weight is 322 g/mol. The quantitative estimate of drug-likeness (QED) is 0.784. The maximum atomic E-state index is 13.7. The molecule has 120 valence electrons. The molecule has 0 bridgehead atoms. The van der Waals surface area contributed by atoms with Gasteiger partial charge in [-0.05, 0) is 23.3 Å². The molecular formula is C18H15FN4O. The van der Waals surface area contributed by atoms with E-state index in [9.17, 15) is 9.18 Å². The number of halogens is 1. The smallest absolute Gasteiger partial charge is 0.224 e. The van der Waals surface area contributed by atoms with E-state index in [0.717, 1.165) is 16.8 Å². The molecule has 0 saturated carbocycles. The van der Waals surface area contributed by atoms with Gasteiger partial charge < -0.3 is 5.32 Å². The minimum Gasteiger partial charge on any atom is -0.350 e. The molecular weight excluding hydrogens is 307 g/mol. The highest BCUT2D eigenvalue weighted by molar-refractivity contribution is 5.78. The van der Waals surface area contributed by atoms with E-state index in [1.807, 2.05) is 12.1 Å². The first kappa shape index (κ1) is 15.7. The van der Waals surface area contributed by atoms with Crippen LogP contribution in [0.1, 0.15) is 11.3 Å². The third-order valence-corrected chi connectivity index (χ3v) is 3.51. The number of hydrogen-bond donors (Lipinski definition) is 1. The van der Waals surface area contributed by atoms with E-state index < -0.39 is 0 Å². The first-order valence-corrected chi connectivity index (χ1v) is 7.43. The number of amides is 1. The lowest BCUT2D eigenvalue weighted by Crippen LogP contribution is -2.24. The summed E-state index contributed by atoms with van der Waals surface area (Å²) in [5, 5.41) is 2.80. The number of carbonyl (C=O) groups is 1. The van der Waals surface area contributed by atoms with Gasteiger partial charge in [0.25, 0.3) is 0 Å². The van der Waals surface area contributed by atoms with E-state index in [1.54, 1.807) is 24.4 Å². The molecule has 5 nitrogen and oxygen atoms in total. The molecule has 0 aliphatic rings. The van der Waals surface area contributed by atoms with Crippen molar-refractivity contribution in [3.63, 3.8) is 0 Å². The van der Waals surface area contributed by atoms with Gasteiger partial charge in [0, 0.05) is 24.2 Å². The van der Waals surface area contributed by atoms with Crippen molar-refractivity contribution in [3.8, 4) is 11.1 Å². The Morgan fingerprint density at radius 2 is 1.83 bits per heavy atom. The number of pyridine rings is 1. The fourth-order valence-corrected chi connectivity index (χ4v) is 2.25. The Hall–Kier alpha value is -3.15. The molecule has 0 spiro atoms. The predicted octanol–water partition coefficient (Wildman–Crippen LogP) is 2.54. The zero-order valence-electron chi connectivity index (χ0n) is 12.8. The van der Waals surface area contributed by atoms with Gasteiger partial charge in [-0.15, -0.1) is 0 Å². The normalized spacial score (nSPS) is 10.4. The molecule has 1 aromatic carbocycles. The first-order chi connectivity index (χ1) is 11.7. The topological polar surface area (TPSA) is 67.8 Å². The number of hydrogen-bond acceptors (Lipinski definition) is 4. The van der Waals surface area contributed by atoms with Crippen LogP contribution in [-0.2, 0) is 17.8 Å². The maximum Gasteiger partial charge on any atom is 0.224 e. The van der Waals surface area contributed by atoms with E-state index in [2.05, 4.69) is 20.3 Å². The van der Waals surface area contributed by atoms with Crippen LogP contribution in [0.3, 0.4) is 0 Å². The van der Waals surface area contributed by atoms with Crippen LogP contribution in [0.15, 0.2) is 61.3 Å². The van der Waals surface area contributed by atoms with Gasteiger partial charge in [0.2, 0.25) is 5.91 Å². The van der Waals surface area contributed by atoms with Crippen LogP contribution >= 0.6 is 0 Å². The molecule has 0 atom stereocenters. The molecule has 3 aromatic rings. The molecule has 6 heteroatoms. The average Bonchev–Trinajstić information content (AvgIpc) is 2.62. The Labute approximate surface area is 138 Å². The van der Waals surface area contributed by atoms with E-state index in [4.69, 9.17) is 0 Å². The molecule has 1 N–H and O–H groups in total. The lowest BCUT2D eigenvalue weighted by Gasteiger charge is -2.06. The Kier molecular flexibility index (Phi) is 4.86. The molecule has 24 heavy (non-hydrogen) atoms. The van der Waals surface area contributed by atoms with Crippen LogP contribution in [0, 0.1) is 5.82 Å². The van der Waals surface area contributed by atoms with Crippen molar-refractivity contribution in [2.24, 2.45) is 0 Å². The molecule has 0 aliphatic heterocycles. The summed E-state index contributed by atoms with van der Waals surface area (Å²) >= 11 is 0. The van der Waals surface area contributed by atoms with Crippen molar-refractivity contribution < 1.29 is 9.18 Å². The summed E-state index contributed by atoms with van der Waals surface area (Å²) in [7, 11) is 0. The lowest BCUT2D eigenvalue weighted by molar-refractivity contribution is -0.120. The summed E-state index contributed by atoms with van der Waals surface area (Å²) in [5.41, 5.74) is 2.77. The third kappa shape index (κ3) is 3.98. The van der Waals surface area contributed by atoms with Gasteiger partial charge in [-0.3, -0.25) is 9.78 Å². The Bertz CT molecular complexity index is 822. The van der Waals surface area contributed by atoms with Crippen LogP contribution in [0.4, 0.5) is 4.39 Å². The lowest BCUT2D eigenvalue weighted by atomic mass is 10.0. The highest BCUT2D eigenvalue weighted by Gasteiger charge is 2.07. The number of nitrogens with one attached hydrogen (secondary N) is 1. The number of rotatable bonds is 5. The largest absolute Gasteiger partial charge is 0.350 e. The molecule has 1 amide bonds.